The molecule has 0 spiro atoms. The van der Waals surface area contributed by atoms with E-state index in [0.717, 1.165) is 31.8 Å². The molecule has 126 valence electrons. The average molecular weight is 327 g/mol. The molecule has 0 aromatic heterocycles. The standard InChI is InChI=1S/C20H22FNO2/c1-24-19-4-2-3-16(13-19)17-9-11-22(14-17)12-10-20(23)15-5-7-18(21)8-6-15/h2-8,13,17H,9-12,14H2,1H3. The van der Waals surface area contributed by atoms with Gasteiger partial charge in [-0.2, -0.15) is 0 Å². The second-order valence-electron chi connectivity index (χ2n) is 6.24. The van der Waals surface area contributed by atoms with Crippen molar-refractivity contribution < 1.29 is 13.9 Å². The fourth-order valence-electron chi connectivity index (χ4n) is 3.24. The van der Waals surface area contributed by atoms with Crippen molar-refractivity contribution in [1.82, 2.24) is 4.90 Å². The summed E-state index contributed by atoms with van der Waals surface area (Å²) >= 11 is 0. The number of carbonyl (C=O) groups is 1. The van der Waals surface area contributed by atoms with Crippen LogP contribution in [-0.2, 0) is 0 Å². The number of halogens is 1. The molecule has 1 saturated heterocycles. The minimum atomic E-state index is -0.313. The molecule has 3 nitrogen and oxygen atoms in total. The van der Waals surface area contributed by atoms with Gasteiger partial charge in [0.1, 0.15) is 11.6 Å². The molecule has 1 aliphatic heterocycles. The van der Waals surface area contributed by atoms with Crippen molar-refractivity contribution in [3.05, 3.63) is 65.5 Å². The molecule has 2 aromatic rings. The second-order valence-corrected chi connectivity index (χ2v) is 6.24. The zero-order chi connectivity index (χ0) is 16.9. The van der Waals surface area contributed by atoms with Crippen LogP contribution in [0.15, 0.2) is 48.5 Å². The molecule has 0 amide bonds. The van der Waals surface area contributed by atoms with Gasteiger partial charge in [-0.1, -0.05) is 12.1 Å². The van der Waals surface area contributed by atoms with Crippen LogP contribution in [-0.4, -0.2) is 37.4 Å². The summed E-state index contributed by atoms with van der Waals surface area (Å²) < 4.78 is 18.2. The number of rotatable bonds is 6. The number of hydrogen-bond donors (Lipinski definition) is 0. The van der Waals surface area contributed by atoms with E-state index in [2.05, 4.69) is 17.0 Å². The molecule has 1 aliphatic rings. The first-order chi connectivity index (χ1) is 11.7. The van der Waals surface area contributed by atoms with Crippen molar-refractivity contribution in [1.29, 1.82) is 0 Å². The fourth-order valence-corrected chi connectivity index (χ4v) is 3.24. The van der Waals surface area contributed by atoms with Gasteiger partial charge in [0.15, 0.2) is 5.78 Å². The summed E-state index contributed by atoms with van der Waals surface area (Å²) in [7, 11) is 1.68. The van der Waals surface area contributed by atoms with Crippen LogP contribution in [0.4, 0.5) is 4.39 Å². The third-order valence-electron chi connectivity index (χ3n) is 4.66. The maximum atomic E-state index is 12.9. The Balaban J connectivity index is 1.52. The van der Waals surface area contributed by atoms with Gasteiger partial charge in [-0.25, -0.2) is 4.39 Å². The molecule has 4 heteroatoms. The normalized spacial score (nSPS) is 17.8. The molecule has 1 heterocycles. The van der Waals surface area contributed by atoms with E-state index in [-0.39, 0.29) is 11.6 Å². The van der Waals surface area contributed by atoms with E-state index in [1.807, 2.05) is 12.1 Å². The molecule has 0 aliphatic carbocycles. The van der Waals surface area contributed by atoms with Gasteiger partial charge < -0.3 is 9.64 Å². The van der Waals surface area contributed by atoms with Gasteiger partial charge in [0.25, 0.3) is 0 Å². The van der Waals surface area contributed by atoms with Crippen LogP contribution in [0.25, 0.3) is 0 Å². The topological polar surface area (TPSA) is 29.5 Å². The van der Waals surface area contributed by atoms with Crippen LogP contribution >= 0.6 is 0 Å². The Morgan fingerprint density at radius 3 is 2.79 bits per heavy atom. The van der Waals surface area contributed by atoms with Gasteiger partial charge >= 0.3 is 0 Å². The van der Waals surface area contributed by atoms with E-state index in [1.54, 1.807) is 19.2 Å². The summed E-state index contributed by atoms with van der Waals surface area (Å²) in [6.07, 6.45) is 1.56. The quantitative estimate of drug-likeness (QED) is 0.754. The van der Waals surface area contributed by atoms with Crippen molar-refractivity contribution in [2.45, 2.75) is 18.8 Å². The van der Waals surface area contributed by atoms with E-state index < -0.39 is 0 Å². The number of ether oxygens (including phenoxy) is 1. The van der Waals surface area contributed by atoms with Crippen LogP contribution in [0.1, 0.15) is 34.7 Å². The molecule has 2 aromatic carbocycles. The Kier molecular flexibility index (Phi) is 5.26. The van der Waals surface area contributed by atoms with E-state index in [1.165, 1.54) is 17.7 Å². The van der Waals surface area contributed by atoms with Gasteiger partial charge in [0.2, 0.25) is 0 Å². The zero-order valence-electron chi connectivity index (χ0n) is 13.9. The van der Waals surface area contributed by atoms with Crippen molar-refractivity contribution in [3.8, 4) is 5.75 Å². The summed E-state index contributed by atoms with van der Waals surface area (Å²) in [5, 5.41) is 0. The molecule has 0 saturated carbocycles. The third kappa shape index (κ3) is 4.01. The number of benzene rings is 2. The molecular formula is C20H22FNO2. The minimum Gasteiger partial charge on any atom is -0.497 e. The second kappa shape index (κ2) is 7.58. The third-order valence-corrected chi connectivity index (χ3v) is 4.66. The molecular weight excluding hydrogens is 305 g/mol. The first-order valence-corrected chi connectivity index (χ1v) is 8.31. The number of Topliss-reactive ketones (excluding diaryl/α,β-unsaturated/α-hetero) is 1. The number of likely N-dealkylation sites (tertiary alicyclic amines) is 1. The predicted molar refractivity (Wildman–Crippen MR) is 92.1 cm³/mol. The monoisotopic (exact) mass is 327 g/mol. The Bertz CT molecular complexity index is 699. The summed E-state index contributed by atoms with van der Waals surface area (Å²) in [6.45, 7) is 2.71. The largest absolute Gasteiger partial charge is 0.497 e. The summed E-state index contributed by atoms with van der Waals surface area (Å²) in [5.41, 5.74) is 1.88. The van der Waals surface area contributed by atoms with E-state index in [0.29, 0.717) is 17.9 Å². The van der Waals surface area contributed by atoms with E-state index >= 15 is 0 Å². The summed E-state index contributed by atoms with van der Waals surface area (Å²) in [6, 6.07) is 14.0. The van der Waals surface area contributed by atoms with Crippen molar-refractivity contribution >= 4 is 5.78 Å². The maximum Gasteiger partial charge on any atom is 0.164 e. The van der Waals surface area contributed by atoms with Crippen molar-refractivity contribution in [3.63, 3.8) is 0 Å². The van der Waals surface area contributed by atoms with E-state index in [9.17, 15) is 9.18 Å². The molecule has 1 unspecified atom stereocenters. The van der Waals surface area contributed by atoms with Gasteiger partial charge in [0, 0.05) is 25.1 Å². The molecule has 1 fully saturated rings. The molecule has 3 rings (SSSR count). The number of ketones is 1. The van der Waals surface area contributed by atoms with E-state index in [4.69, 9.17) is 4.74 Å². The van der Waals surface area contributed by atoms with Gasteiger partial charge in [-0.3, -0.25) is 4.79 Å². The maximum absolute atomic E-state index is 12.9. The Morgan fingerprint density at radius 1 is 1.25 bits per heavy atom. The highest BCUT2D eigenvalue weighted by Gasteiger charge is 2.24. The SMILES string of the molecule is COc1cccc(C2CCN(CCC(=O)c3ccc(F)cc3)C2)c1. The molecule has 0 bridgehead atoms. The fraction of sp³-hybridized carbons (Fsp3) is 0.350. The molecule has 0 radical (unpaired) electrons. The lowest BCUT2D eigenvalue weighted by Gasteiger charge is -2.16. The highest BCUT2D eigenvalue weighted by molar-refractivity contribution is 5.96. The van der Waals surface area contributed by atoms with Crippen LogP contribution in [0.5, 0.6) is 5.75 Å². The van der Waals surface area contributed by atoms with Crippen LogP contribution in [0.2, 0.25) is 0 Å². The van der Waals surface area contributed by atoms with Crippen molar-refractivity contribution in [2.24, 2.45) is 0 Å². The van der Waals surface area contributed by atoms with Crippen LogP contribution in [0.3, 0.4) is 0 Å². The molecule has 24 heavy (non-hydrogen) atoms. The van der Waals surface area contributed by atoms with Crippen LogP contribution < -0.4 is 4.74 Å². The molecule has 0 N–H and O–H groups in total. The number of hydrogen-bond acceptors (Lipinski definition) is 3. The first-order valence-electron chi connectivity index (χ1n) is 8.31. The highest BCUT2D eigenvalue weighted by atomic mass is 19.1. The smallest absolute Gasteiger partial charge is 0.164 e. The molecule has 1 atom stereocenters. The number of carbonyl (C=O) groups excluding carboxylic acids is 1. The lowest BCUT2D eigenvalue weighted by Crippen LogP contribution is -2.23. The van der Waals surface area contributed by atoms with Crippen LogP contribution in [0, 0.1) is 5.82 Å². The van der Waals surface area contributed by atoms with Gasteiger partial charge in [-0.05, 0) is 60.8 Å². The average Bonchev–Trinajstić information content (AvgIpc) is 3.09. The predicted octanol–water partition coefficient (Wildman–Crippen LogP) is 3.90. The van der Waals surface area contributed by atoms with Gasteiger partial charge in [0.05, 0.1) is 7.11 Å². The Labute approximate surface area is 142 Å². The minimum absolute atomic E-state index is 0.0693. The van der Waals surface area contributed by atoms with Crippen molar-refractivity contribution in [2.75, 3.05) is 26.7 Å². The Hall–Kier alpha value is -2.20. The lowest BCUT2D eigenvalue weighted by molar-refractivity contribution is 0.0968. The summed E-state index contributed by atoms with van der Waals surface area (Å²) in [4.78, 5) is 14.5. The number of methoxy groups -OCH3 is 1. The highest BCUT2D eigenvalue weighted by Crippen LogP contribution is 2.29. The Morgan fingerprint density at radius 2 is 2.04 bits per heavy atom. The number of nitrogens with zero attached hydrogens (tertiary/aromatic N) is 1. The van der Waals surface area contributed by atoms with Gasteiger partial charge in [-0.15, -0.1) is 0 Å². The zero-order valence-corrected chi connectivity index (χ0v) is 13.9. The summed E-state index contributed by atoms with van der Waals surface area (Å²) in [5.74, 6) is 1.13. The lowest BCUT2D eigenvalue weighted by atomic mass is 9.98. The first kappa shape index (κ1) is 16.7.